The van der Waals surface area contributed by atoms with E-state index in [1.54, 1.807) is 0 Å². The van der Waals surface area contributed by atoms with E-state index in [1.165, 1.54) is 12.1 Å². The minimum atomic E-state index is -2.15. The van der Waals surface area contributed by atoms with Crippen LogP contribution in [-0.2, 0) is 15.9 Å². The minimum absolute atomic E-state index is 0.0411. The quantitative estimate of drug-likeness (QED) is 0.0548. The van der Waals surface area contributed by atoms with Gasteiger partial charge in [-0.25, -0.2) is 9.59 Å². The topological polar surface area (TPSA) is 465 Å². The molecule has 0 saturated heterocycles. The predicted molar refractivity (Wildman–Crippen MR) is 283 cm³/mol. The number of fused-ring (bicyclic) bond motifs is 3. The van der Waals surface area contributed by atoms with Crippen molar-refractivity contribution in [1.82, 2.24) is 0 Å². The number of aliphatic hydroxyl groups excluding tert-OH is 1. The van der Waals surface area contributed by atoms with Gasteiger partial charge in [0.25, 0.3) is 0 Å². The summed E-state index contributed by atoms with van der Waals surface area (Å²) in [6.45, 7) is 0. The molecule has 3 aliphatic heterocycles. The fraction of sp³-hybridized carbons (Fsp3) is 0.153. The number of phenols is 18. The second kappa shape index (κ2) is 20.5. The lowest BCUT2D eigenvalue weighted by Gasteiger charge is -2.44. The van der Waals surface area contributed by atoms with Gasteiger partial charge in [0.05, 0.1) is 23.0 Å². The second-order valence-electron chi connectivity index (χ2n) is 20.1. The maximum absolute atomic E-state index is 14.7. The standard InChI is InChI=1S/C59H46O26/c60-24-14-33(68)43-41(15-24)81-53(20-2-5-27(62)31(66)8-20)51(78)47(43)44-35(70)18-36(71)46-48(57(85-59(80)23-12-39(74)50(77)40(75)13-23)54(84-56(44)46)21-3-6-28(63)32(67)9-21)45-34(69)17-29(64)25-16-42(82-58(79)22-10-37(72)49(76)38(73)11-22)52(83-55(25)45)19-1-4-26(61)30(65)7-19/h1-15,17-18,42,47-48,51-54,57,60-78H,16H2/t42-,47-,48-,51+,52+,53+,54+,57+/m0/s1. The number of rotatable bonds is 9. The van der Waals surface area contributed by atoms with E-state index in [-0.39, 0.29) is 33.6 Å². The minimum Gasteiger partial charge on any atom is -0.508 e. The van der Waals surface area contributed by atoms with Gasteiger partial charge in [-0.15, -0.1) is 0 Å². The molecule has 8 aromatic rings. The first-order valence-corrected chi connectivity index (χ1v) is 25.2. The summed E-state index contributed by atoms with van der Waals surface area (Å²) in [6, 6.07) is 15.8. The van der Waals surface area contributed by atoms with Crippen molar-refractivity contribution in [2.75, 3.05) is 0 Å². The highest BCUT2D eigenvalue weighted by molar-refractivity contribution is 5.92. The Labute approximate surface area is 475 Å². The van der Waals surface area contributed by atoms with Gasteiger partial charge >= 0.3 is 11.9 Å². The number of ether oxygens (including phenoxy) is 5. The molecule has 26 heteroatoms. The highest BCUT2D eigenvalue weighted by Crippen LogP contribution is 2.63. The number of phenolic OH excluding ortho intramolecular Hbond substituents is 18. The summed E-state index contributed by atoms with van der Waals surface area (Å²) >= 11 is 0. The van der Waals surface area contributed by atoms with Crippen molar-refractivity contribution in [3.63, 3.8) is 0 Å². The first kappa shape index (κ1) is 55.4. The summed E-state index contributed by atoms with van der Waals surface area (Å²) < 4.78 is 31.7. The average molecular weight is 1170 g/mol. The van der Waals surface area contributed by atoms with Gasteiger partial charge in [0.1, 0.15) is 64.0 Å². The van der Waals surface area contributed by atoms with Crippen molar-refractivity contribution in [3.8, 4) is 121 Å². The lowest BCUT2D eigenvalue weighted by molar-refractivity contribution is -0.0317. The Balaban J connectivity index is 1.19. The average Bonchev–Trinajstić information content (AvgIpc) is 1.28. The Morgan fingerprint density at radius 3 is 1.31 bits per heavy atom. The number of carbonyl (C=O) groups excluding carboxylic acids is 2. The number of aliphatic hydroxyl groups is 1. The summed E-state index contributed by atoms with van der Waals surface area (Å²) in [5.74, 6) is -23.5. The fourth-order valence-corrected chi connectivity index (χ4v) is 11.0. The Kier molecular flexibility index (Phi) is 13.3. The largest absolute Gasteiger partial charge is 0.508 e. The third kappa shape index (κ3) is 9.42. The van der Waals surface area contributed by atoms with E-state index in [2.05, 4.69) is 0 Å². The molecule has 8 aromatic carbocycles. The van der Waals surface area contributed by atoms with Gasteiger partial charge < -0.3 is 121 Å². The van der Waals surface area contributed by atoms with E-state index in [0.29, 0.717) is 18.2 Å². The molecule has 19 N–H and O–H groups in total. The highest BCUT2D eigenvalue weighted by atomic mass is 16.6. The van der Waals surface area contributed by atoms with Crippen molar-refractivity contribution >= 4 is 11.9 Å². The SMILES string of the molecule is O=C(O[C@@H]1[C@@H](c2c(O)cc(O)c3c2O[C@H](c2ccc(O)c(O)c2)[C@@H](OC(=O)c2cc(O)c(O)c(O)c2)C3)c2c(O)cc(O)c([C@@H]3c4c(O)cc(O)cc4O[C@H](c4ccc(O)c(O)c4)[C@@H]3O)c2O[C@@H]1c1ccc(O)c(O)c1)c1cc(O)c(O)c(O)c1. The van der Waals surface area contributed by atoms with Crippen LogP contribution >= 0.6 is 0 Å². The van der Waals surface area contributed by atoms with Crippen LogP contribution in [-0.4, -0.2) is 127 Å². The molecule has 11 rings (SSSR count). The molecular formula is C59H46O26. The van der Waals surface area contributed by atoms with Gasteiger partial charge in [-0.1, -0.05) is 18.2 Å². The number of esters is 2. The van der Waals surface area contributed by atoms with E-state index >= 15 is 0 Å². The Bertz CT molecular complexity index is 4060. The molecule has 0 aliphatic carbocycles. The maximum Gasteiger partial charge on any atom is 0.338 e. The van der Waals surface area contributed by atoms with Crippen molar-refractivity contribution in [2.24, 2.45) is 0 Å². The first-order valence-electron chi connectivity index (χ1n) is 25.2. The van der Waals surface area contributed by atoms with Crippen LogP contribution in [0.1, 0.15) is 95.4 Å². The van der Waals surface area contributed by atoms with Crippen LogP contribution in [0.3, 0.4) is 0 Å². The number of hydrogen-bond acceptors (Lipinski definition) is 26. The van der Waals surface area contributed by atoms with Gasteiger partial charge in [-0.2, -0.15) is 0 Å². The van der Waals surface area contributed by atoms with Gasteiger partial charge in [-0.3, -0.25) is 0 Å². The van der Waals surface area contributed by atoms with Crippen LogP contribution in [0.4, 0.5) is 0 Å². The van der Waals surface area contributed by atoms with Crippen molar-refractivity contribution < 1.29 is 130 Å². The third-order valence-corrected chi connectivity index (χ3v) is 14.9. The Morgan fingerprint density at radius 2 is 0.800 bits per heavy atom. The molecule has 438 valence electrons. The molecule has 8 atom stereocenters. The molecule has 0 saturated carbocycles. The summed E-state index contributed by atoms with van der Waals surface area (Å²) in [6.07, 6.45) is -11.8. The Hall–Kier alpha value is -11.5. The first-order chi connectivity index (χ1) is 40.3. The van der Waals surface area contributed by atoms with Crippen LogP contribution in [0.5, 0.6) is 121 Å². The van der Waals surface area contributed by atoms with Crippen LogP contribution < -0.4 is 14.2 Å². The van der Waals surface area contributed by atoms with E-state index in [0.717, 1.165) is 72.8 Å². The molecule has 0 unspecified atom stereocenters. The van der Waals surface area contributed by atoms with Crippen molar-refractivity contribution in [1.29, 1.82) is 0 Å². The zero-order chi connectivity index (χ0) is 60.9. The van der Waals surface area contributed by atoms with Gasteiger partial charge in [0, 0.05) is 69.6 Å². The van der Waals surface area contributed by atoms with Gasteiger partial charge in [0.15, 0.2) is 93.4 Å². The van der Waals surface area contributed by atoms with E-state index < -0.39 is 210 Å². The molecule has 3 aliphatic rings. The molecular weight excluding hydrogens is 1120 g/mol. The molecule has 0 bridgehead atoms. The van der Waals surface area contributed by atoms with Crippen LogP contribution in [0.2, 0.25) is 0 Å². The van der Waals surface area contributed by atoms with E-state index in [1.807, 2.05) is 0 Å². The number of benzene rings is 8. The normalized spacial score (nSPS) is 20.3. The lowest BCUT2D eigenvalue weighted by atomic mass is 9.73. The van der Waals surface area contributed by atoms with Crippen molar-refractivity contribution in [3.05, 3.63) is 159 Å². The second-order valence-corrected chi connectivity index (χ2v) is 20.1. The summed E-state index contributed by atoms with van der Waals surface area (Å²) in [7, 11) is 0. The fourth-order valence-electron chi connectivity index (χ4n) is 11.0. The zero-order valence-corrected chi connectivity index (χ0v) is 43.0. The monoisotopic (exact) mass is 1170 g/mol. The molecule has 0 amide bonds. The molecule has 3 heterocycles. The smallest absolute Gasteiger partial charge is 0.338 e. The number of carbonyl (C=O) groups is 2. The van der Waals surface area contributed by atoms with Gasteiger partial charge in [-0.05, 0) is 66.2 Å². The van der Waals surface area contributed by atoms with E-state index in [9.17, 15) is 107 Å². The zero-order valence-electron chi connectivity index (χ0n) is 43.0. The van der Waals surface area contributed by atoms with Crippen LogP contribution in [0, 0.1) is 0 Å². The van der Waals surface area contributed by atoms with Crippen LogP contribution in [0.25, 0.3) is 0 Å². The molecule has 85 heavy (non-hydrogen) atoms. The van der Waals surface area contributed by atoms with Gasteiger partial charge in [0.2, 0.25) is 0 Å². The predicted octanol–water partition coefficient (Wildman–Crippen LogP) is 6.41. The van der Waals surface area contributed by atoms with Crippen molar-refractivity contribution in [2.45, 2.75) is 54.9 Å². The summed E-state index contributed by atoms with van der Waals surface area (Å²) in [5.41, 5.74) is -4.05. The summed E-state index contributed by atoms with van der Waals surface area (Å²) in [5, 5.41) is 210. The molecule has 0 fully saturated rings. The summed E-state index contributed by atoms with van der Waals surface area (Å²) in [4.78, 5) is 28.6. The number of hydrogen-bond donors (Lipinski definition) is 19. The van der Waals surface area contributed by atoms with E-state index in [4.69, 9.17) is 23.7 Å². The highest BCUT2D eigenvalue weighted by Gasteiger charge is 2.53. The molecule has 0 aromatic heterocycles. The Morgan fingerprint density at radius 1 is 0.376 bits per heavy atom. The molecule has 0 radical (unpaired) electrons. The maximum atomic E-state index is 14.7. The van der Waals surface area contributed by atoms with Crippen LogP contribution in [0.15, 0.2) is 103 Å². The molecule has 0 spiro atoms. The third-order valence-electron chi connectivity index (χ3n) is 14.9. The molecule has 26 nitrogen and oxygen atoms in total. The lowest BCUT2D eigenvalue weighted by Crippen LogP contribution is -2.41. The number of aromatic hydroxyl groups is 18.